The van der Waals surface area contributed by atoms with E-state index in [2.05, 4.69) is 5.32 Å². The second-order valence-corrected chi connectivity index (χ2v) is 2.29. The number of alkyl halides is 1. The zero-order valence-electron chi connectivity index (χ0n) is 6.48. The van der Waals surface area contributed by atoms with Crippen LogP contribution in [0.1, 0.15) is 19.3 Å². The first-order valence-electron chi connectivity index (χ1n) is 3.76. The van der Waals surface area contributed by atoms with Crippen LogP contribution in [0.25, 0.3) is 0 Å². The molecule has 66 valence electrons. The first kappa shape index (κ1) is 10.4. The van der Waals surface area contributed by atoms with E-state index >= 15 is 0 Å². The van der Waals surface area contributed by atoms with Crippen LogP contribution in [0.15, 0.2) is 0 Å². The van der Waals surface area contributed by atoms with Crippen LogP contribution in [0.5, 0.6) is 0 Å². The Bertz CT molecular complexity index is 109. The summed E-state index contributed by atoms with van der Waals surface area (Å²) < 4.78 is 11.5. The van der Waals surface area contributed by atoms with Gasteiger partial charge >= 0.3 is 5.97 Å². The van der Waals surface area contributed by atoms with E-state index in [1.807, 2.05) is 0 Å². The number of hydrogen-bond donors (Lipinski definition) is 2. The van der Waals surface area contributed by atoms with Gasteiger partial charge in [0.15, 0.2) is 0 Å². The number of carbonyl (C=O) groups is 1. The Morgan fingerprint density at radius 2 is 2.00 bits per heavy atom. The van der Waals surface area contributed by atoms with E-state index in [4.69, 9.17) is 5.11 Å². The Hall–Kier alpha value is -0.640. The second kappa shape index (κ2) is 7.47. The van der Waals surface area contributed by atoms with Gasteiger partial charge in [-0.1, -0.05) is 0 Å². The predicted octanol–water partition coefficient (Wildman–Crippen LogP) is 0.800. The van der Waals surface area contributed by atoms with Gasteiger partial charge in [0, 0.05) is 6.42 Å². The number of aliphatic carboxylic acids is 1. The van der Waals surface area contributed by atoms with Crippen molar-refractivity contribution in [3.05, 3.63) is 0 Å². The number of nitrogens with one attached hydrogen (secondary N) is 1. The summed E-state index contributed by atoms with van der Waals surface area (Å²) in [5, 5.41) is 11.2. The number of carboxylic acid groups (broad SMARTS) is 1. The van der Waals surface area contributed by atoms with Crippen LogP contribution in [0, 0.1) is 0 Å². The first-order valence-corrected chi connectivity index (χ1v) is 3.76. The highest BCUT2D eigenvalue weighted by Gasteiger charge is 1.94. The zero-order chi connectivity index (χ0) is 8.53. The molecule has 4 heteroatoms. The van der Waals surface area contributed by atoms with Crippen molar-refractivity contribution in [3.63, 3.8) is 0 Å². The molecule has 0 aromatic rings. The third-order valence-corrected chi connectivity index (χ3v) is 1.23. The lowest BCUT2D eigenvalue weighted by Crippen LogP contribution is -2.17. The summed E-state index contributed by atoms with van der Waals surface area (Å²) in [6, 6.07) is 0. The molecule has 0 spiro atoms. The van der Waals surface area contributed by atoms with Crippen molar-refractivity contribution in [3.8, 4) is 0 Å². The lowest BCUT2D eigenvalue weighted by atomic mass is 10.3. The molecule has 0 aromatic carbocycles. The minimum absolute atomic E-state index is 0.183. The highest BCUT2D eigenvalue weighted by molar-refractivity contribution is 5.66. The fourth-order valence-corrected chi connectivity index (χ4v) is 0.681. The molecule has 0 radical (unpaired) electrons. The maximum absolute atomic E-state index is 11.5. The SMILES string of the molecule is O=C(O)CCCNCCCF. The van der Waals surface area contributed by atoms with E-state index < -0.39 is 5.97 Å². The van der Waals surface area contributed by atoms with Gasteiger partial charge in [0.25, 0.3) is 0 Å². The van der Waals surface area contributed by atoms with Crippen LogP contribution in [0.4, 0.5) is 4.39 Å². The van der Waals surface area contributed by atoms with Gasteiger partial charge in [0.05, 0.1) is 6.67 Å². The van der Waals surface area contributed by atoms with Crippen LogP contribution in [-0.4, -0.2) is 30.8 Å². The second-order valence-electron chi connectivity index (χ2n) is 2.29. The van der Waals surface area contributed by atoms with Gasteiger partial charge in [-0.2, -0.15) is 0 Å². The summed E-state index contributed by atoms with van der Waals surface area (Å²) in [7, 11) is 0. The van der Waals surface area contributed by atoms with Crippen LogP contribution >= 0.6 is 0 Å². The molecule has 0 saturated heterocycles. The molecule has 0 rings (SSSR count). The molecule has 0 heterocycles. The minimum Gasteiger partial charge on any atom is -0.481 e. The van der Waals surface area contributed by atoms with E-state index in [9.17, 15) is 9.18 Å². The Morgan fingerprint density at radius 1 is 1.36 bits per heavy atom. The quantitative estimate of drug-likeness (QED) is 0.546. The Balaban J connectivity index is 2.85. The lowest BCUT2D eigenvalue weighted by molar-refractivity contribution is -0.137. The van der Waals surface area contributed by atoms with Gasteiger partial charge in [0.2, 0.25) is 0 Å². The van der Waals surface area contributed by atoms with E-state index in [-0.39, 0.29) is 13.1 Å². The molecule has 0 aliphatic heterocycles. The fraction of sp³-hybridized carbons (Fsp3) is 0.857. The van der Waals surface area contributed by atoms with Gasteiger partial charge in [-0.15, -0.1) is 0 Å². The molecule has 3 nitrogen and oxygen atoms in total. The molecule has 2 N–H and O–H groups in total. The van der Waals surface area contributed by atoms with Crippen molar-refractivity contribution in [2.75, 3.05) is 19.8 Å². The molecule has 0 aliphatic carbocycles. The molecule has 0 aromatic heterocycles. The zero-order valence-corrected chi connectivity index (χ0v) is 6.48. The Labute approximate surface area is 65.6 Å². The first-order chi connectivity index (χ1) is 5.27. The standard InChI is InChI=1S/C7H14FNO2/c8-4-2-6-9-5-1-3-7(10)11/h9H,1-6H2,(H,10,11). The molecule has 0 saturated carbocycles. The maximum atomic E-state index is 11.5. The number of carboxylic acids is 1. The van der Waals surface area contributed by atoms with E-state index in [0.29, 0.717) is 25.9 Å². The Morgan fingerprint density at radius 3 is 2.55 bits per heavy atom. The van der Waals surface area contributed by atoms with Crippen LogP contribution in [-0.2, 0) is 4.79 Å². The summed E-state index contributed by atoms with van der Waals surface area (Å²) >= 11 is 0. The highest BCUT2D eigenvalue weighted by atomic mass is 19.1. The smallest absolute Gasteiger partial charge is 0.303 e. The number of halogens is 1. The van der Waals surface area contributed by atoms with Gasteiger partial charge < -0.3 is 10.4 Å². The maximum Gasteiger partial charge on any atom is 0.303 e. The summed E-state index contributed by atoms with van der Waals surface area (Å²) in [4.78, 5) is 10.0. The van der Waals surface area contributed by atoms with Crippen molar-refractivity contribution >= 4 is 5.97 Å². The average Bonchev–Trinajstić information content (AvgIpc) is 1.96. The van der Waals surface area contributed by atoms with Gasteiger partial charge in [-0.25, -0.2) is 0 Å². The minimum atomic E-state index is -0.780. The van der Waals surface area contributed by atoms with E-state index in [1.165, 1.54) is 0 Å². The molecule has 0 unspecified atom stereocenters. The topological polar surface area (TPSA) is 49.3 Å². The predicted molar refractivity (Wildman–Crippen MR) is 40.3 cm³/mol. The summed E-state index contributed by atoms with van der Waals surface area (Å²) in [5.74, 6) is -0.780. The van der Waals surface area contributed by atoms with Crippen molar-refractivity contribution < 1.29 is 14.3 Å². The number of rotatable bonds is 7. The van der Waals surface area contributed by atoms with Crippen molar-refractivity contribution in [1.29, 1.82) is 0 Å². The molecule has 0 fully saturated rings. The lowest BCUT2D eigenvalue weighted by Gasteiger charge is -1.99. The third kappa shape index (κ3) is 9.36. The summed E-state index contributed by atoms with van der Waals surface area (Å²) in [5.41, 5.74) is 0. The molecular formula is C7H14FNO2. The molecule has 0 aliphatic rings. The van der Waals surface area contributed by atoms with Crippen molar-refractivity contribution in [1.82, 2.24) is 5.32 Å². The Kier molecular flexibility index (Phi) is 7.03. The third-order valence-electron chi connectivity index (χ3n) is 1.23. The molecule has 11 heavy (non-hydrogen) atoms. The largest absolute Gasteiger partial charge is 0.481 e. The van der Waals surface area contributed by atoms with Crippen LogP contribution in [0.3, 0.4) is 0 Å². The summed E-state index contributed by atoms with van der Waals surface area (Å²) in [6.07, 6.45) is 1.30. The molecule has 0 amide bonds. The normalized spacial score (nSPS) is 9.91. The van der Waals surface area contributed by atoms with E-state index in [0.717, 1.165) is 0 Å². The monoisotopic (exact) mass is 163 g/mol. The molecule has 0 atom stereocenters. The van der Waals surface area contributed by atoms with Gasteiger partial charge in [-0.05, 0) is 25.9 Å². The van der Waals surface area contributed by atoms with E-state index in [1.54, 1.807) is 0 Å². The number of hydrogen-bond acceptors (Lipinski definition) is 2. The summed E-state index contributed by atoms with van der Waals surface area (Å²) in [6.45, 7) is 0.981. The van der Waals surface area contributed by atoms with Crippen LogP contribution in [0.2, 0.25) is 0 Å². The van der Waals surface area contributed by atoms with Crippen molar-refractivity contribution in [2.45, 2.75) is 19.3 Å². The average molecular weight is 163 g/mol. The molecular weight excluding hydrogens is 149 g/mol. The molecule has 0 bridgehead atoms. The van der Waals surface area contributed by atoms with Gasteiger partial charge in [0.1, 0.15) is 0 Å². The van der Waals surface area contributed by atoms with Gasteiger partial charge in [-0.3, -0.25) is 9.18 Å². The highest BCUT2D eigenvalue weighted by Crippen LogP contribution is 1.86. The van der Waals surface area contributed by atoms with Crippen LogP contribution < -0.4 is 5.32 Å². The van der Waals surface area contributed by atoms with Crippen molar-refractivity contribution in [2.24, 2.45) is 0 Å². The fourth-order valence-electron chi connectivity index (χ4n) is 0.681.